The average molecular weight is 695 g/mol. The minimum Gasteiger partial charge on any atom is -0.461 e. The molecule has 8 aliphatic rings. The Bertz CT molecular complexity index is 1610. The van der Waals surface area contributed by atoms with E-state index < -0.39 is 33.9 Å². The number of amides is 2. The number of nitrogens with zero attached hydrogens (tertiary/aromatic N) is 2. The normalized spacial score (nSPS) is 48.3. The molecule has 3 spiro atoms. The Morgan fingerprint density at radius 2 is 1.84 bits per heavy atom. The first-order chi connectivity index (χ1) is 24.1. The maximum absolute atomic E-state index is 14.2. The zero-order valence-corrected chi connectivity index (χ0v) is 29.9. The number of imide groups is 1. The van der Waals surface area contributed by atoms with Crippen LogP contribution in [0.25, 0.3) is 0 Å². The van der Waals surface area contributed by atoms with Crippen molar-refractivity contribution in [2.45, 2.75) is 87.6 Å². The van der Waals surface area contributed by atoms with Crippen LogP contribution in [0, 0.1) is 40.4 Å². The van der Waals surface area contributed by atoms with Crippen LogP contribution in [0.4, 0.5) is 5.69 Å². The predicted molar refractivity (Wildman–Crippen MR) is 177 cm³/mol. The molecule has 1 aromatic rings. The van der Waals surface area contributed by atoms with Crippen molar-refractivity contribution in [2.24, 2.45) is 40.4 Å². The average Bonchev–Trinajstić information content (AvgIpc) is 3.78. The fourth-order valence-electron chi connectivity index (χ4n) is 13.9. The van der Waals surface area contributed by atoms with Gasteiger partial charge < -0.3 is 33.2 Å². The molecule has 0 radical (unpaired) electrons. The molecule has 1 aromatic carbocycles. The summed E-state index contributed by atoms with van der Waals surface area (Å²) in [5, 5.41) is 0. The third kappa shape index (κ3) is 3.64. The lowest BCUT2D eigenvalue weighted by molar-refractivity contribution is -0.286. The lowest BCUT2D eigenvalue weighted by atomic mass is 9.42. The number of anilines is 1. The van der Waals surface area contributed by atoms with Gasteiger partial charge in [-0.25, -0.2) is 9.69 Å². The number of likely N-dealkylation sites (tertiary alicyclic amines) is 1. The fraction of sp³-hybridized carbons (Fsp3) is 0.763. The minimum atomic E-state index is -0.820. The highest BCUT2D eigenvalue weighted by Gasteiger charge is 2.94. The Morgan fingerprint density at radius 1 is 1.04 bits per heavy atom. The van der Waals surface area contributed by atoms with Crippen molar-refractivity contribution >= 4 is 23.5 Å². The Balaban J connectivity index is 1.16. The summed E-state index contributed by atoms with van der Waals surface area (Å²) in [7, 11) is 7.24. The molecular formula is C38H50N2O10. The molecular weight excluding hydrogens is 644 g/mol. The van der Waals surface area contributed by atoms with E-state index in [2.05, 4.69) is 11.8 Å². The summed E-state index contributed by atoms with van der Waals surface area (Å²) >= 11 is 0. The molecule has 3 aliphatic heterocycles. The van der Waals surface area contributed by atoms with Crippen molar-refractivity contribution in [3.63, 3.8) is 0 Å². The van der Waals surface area contributed by atoms with Gasteiger partial charge >= 0.3 is 5.97 Å². The molecule has 12 heteroatoms. The van der Waals surface area contributed by atoms with Crippen LogP contribution < -0.4 is 4.90 Å². The number of ether oxygens (including phenoxy) is 7. The van der Waals surface area contributed by atoms with Gasteiger partial charge in [-0.3, -0.25) is 14.5 Å². The Kier molecular flexibility index (Phi) is 7.53. The van der Waals surface area contributed by atoms with Crippen LogP contribution >= 0.6 is 0 Å². The van der Waals surface area contributed by atoms with E-state index in [0.29, 0.717) is 13.0 Å². The molecule has 5 aliphatic carbocycles. The Morgan fingerprint density at radius 3 is 2.52 bits per heavy atom. The summed E-state index contributed by atoms with van der Waals surface area (Å²) in [5.41, 5.74) is -1.91. The SMILES string of the molecule is CCN1C[C@]2(COC(=O)c3ccccc3N3C(=O)C[C@H](C)C3=O)CC[C@H](OC)[C@@]34C1[C@]1(OCO[C@@]15C[C@H](OC)[C@H]1C[C@@H]3[C@@H]5[C@H]1OC)[C@@H](OC)[C@H]24. The van der Waals surface area contributed by atoms with Crippen LogP contribution in [0.2, 0.25) is 0 Å². The summed E-state index contributed by atoms with van der Waals surface area (Å²) in [5.74, 6) is -1.22. The summed E-state index contributed by atoms with van der Waals surface area (Å²) < 4.78 is 46.5. The van der Waals surface area contributed by atoms with E-state index in [9.17, 15) is 14.4 Å². The first-order valence-electron chi connectivity index (χ1n) is 18.4. The number of methoxy groups -OCH3 is 4. The van der Waals surface area contributed by atoms with Gasteiger partial charge in [0.05, 0.1) is 48.3 Å². The van der Waals surface area contributed by atoms with E-state index in [1.807, 2.05) is 14.2 Å². The molecule has 12 nitrogen and oxygen atoms in total. The molecule has 8 fully saturated rings. The Hall–Kier alpha value is -2.45. The van der Waals surface area contributed by atoms with Gasteiger partial charge in [-0.15, -0.1) is 0 Å². The summed E-state index contributed by atoms with van der Waals surface area (Å²) in [6.07, 6.45) is 2.77. The minimum absolute atomic E-state index is 0.0457. The number of carbonyl (C=O) groups is 3. The van der Waals surface area contributed by atoms with Crippen LogP contribution in [-0.2, 0) is 42.7 Å². The highest BCUT2D eigenvalue weighted by molar-refractivity contribution is 6.22. The fourth-order valence-corrected chi connectivity index (χ4v) is 13.9. The molecule has 272 valence electrons. The maximum Gasteiger partial charge on any atom is 0.340 e. The van der Waals surface area contributed by atoms with Crippen molar-refractivity contribution in [1.82, 2.24) is 4.90 Å². The van der Waals surface area contributed by atoms with Crippen LogP contribution in [0.3, 0.4) is 0 Å². The number of hydrogen-bond donors (Lipinski definition) is 0. The smallest absolute Gasteiger partial charge is 0.340 e. The molecule has 0 aromatic heterocycles. The highest BCUT2D eigenvalue weighted by atomic mass is 16.7. The molecule has 0 N–H and O–H groups in total. The van der Waals surface area contributed by atoms with Crippen molar-refractivity contribution < 1.29 is 47.5 Å². The van der Waals surface area contributed by atoms with Gasteiger partial charge in [0, 0.05) is 82.3 Å². The largest absolute Gasteiger partial charge is 0.461 e. The van der Waals surface area contributed by atoms with E-state index in [4.69, 9.17) is 33.2 Å². The van der Waals surface area contributed by atoms with Gasteiger partial charge in [0.1, 0.15) is 18.0 Å². The van der Waals surface area contributed by atoms with Gasteiger partial charge in [-0.05, 0) is 43.9 Å². The number of fused-ring (bicyclic) bond motifs is 1. The van der Waals surface area contributed by atoms with Gasteiger partial charge in [0.25, 0.3) is 0 Å². The zero-order chi connectivity index (χ0) is 35.0. The molecule has 50 heavy (non-hydrogen) atoms. The molecule has 1 unspecified atom stereocenters. The third-order valence-electron chi connectivity index (χ3n) is 15.1. The van der Waals surface area contributed by atoms with Crippen molar-refractivity contribution in [1.29, 1.82) is 0 Å². The van der Waals surface area contributed by atoms with Crippen LogP contribution in [0.5, 0.6) is 0 Å². The predicted octanol–water partition coefficient (Wildman–Crippen LogP) is 3.05. The number of rotatable bonds is 9. The van der Waals surface area contributed by atoms with Gasteiger partial charge in [0.2, 0.25) is 11.8 Å². The summed E-state index contributed by atoms with van der Waals surface area (Å²) in [4.78, 5) is 43.8. The Labute approximate surface area is 293 Å². The van der Waals surface area contributed by atoms with Gasteiger partial charge in [-0.1, -0.05) is 26.0 Å². The van der Waals surface area contributed by atoms with E-state index in [-0.39, 0.29) is 97.0 Å². The van der Waals surface area contributed by atoms with Gasteiger partial charge in [0.15, 0.2) is 0 Å². The lowest BCUT2D eigenvalue weighted by Gasteiger charge is -2.70. The molecule has 9 rings (SSSR count). The van der Waals surface area contributed by atoms with Crippen molar-refractivity contribution in [2.75, 3.05) is 59.8 Å². The number of esters is 1. The second-order valence-electron chi connectivity index (χ2n) is 16.3. The summed E-state index contributed by atoms with van der Waals surface area (Å²) in [6, 6.07) is 6.72. The van der Waals surface area contributed by atoms with Crippen LogP contribution in [0.15, 0.2) is 24.3 Å². The number of piperidine rings is 1. The number of para-hydroxylation sites is 1. The van der Waals surface area contributed by atoms with Crippen molar-refractivity contribution in [3.8, 4) is 0 Å². The quantitative estimate of drug-likeness (QED) is 0.280. The first-order valence-corrected chi connectivity index (χ1v) is 18.4. The topological polar surface area (TPSA) is 122 Å². The van der Waals surface area contributed by atoms with E-state index in [1.54, 1.807) is 45.4 Å². The lowest BCUT2D eigenvalue weighted by Crippen LogP contribution is -2.81. The number of benzene rings is 1. The molecule has 3 saturated heterocycles. The summed E-state index contributed by atoms with van der Waals surface area (Å²) in [6.45, 7) is 5.73. The maximum atomic E-state index is 14.2. The molecule has 2 amide bonds. The number of hydrogen-bond acceptors (Lipinski definition) is 11. The number of likely N-dealkylation sites (N-methyl/N-ethyl adjacent to an activating group) is 1. The molecule has 5 saturated carbocycles. The second-order valence-corrected chi connectivity index (χ2v) is 16.3. The molecule has 7 bridgehead atoms. The van der Waals surface area contributed by atoms with E-state index in [0.717, 1.165) is 30.7 Å². The highest BCUT2D eigenvalue weighted by Crippen LogP contribution is 2.82. The standard InChI is InChI=1S/C38H50N2O10/c1-7-39-17-35(18-48-33(43)21-10-8-9-11-24(21)40-27(41)14-20(2)32(40)42)13-12-26(45-4)37-23-15-22-25(44-3)16-36(28(23)29(22)46-5)38(34(37)39,50-19-49-36)31(47-6)30(35)37/h8-11,20,22-23,25-26,28-31,34H,7,12-19H2,1-6H3/t20-,22+,23+,25-,26-,28+,29-,30+,31-,34?,35-,36+,37-,38+/m0/s1. The number of carbonyl (C=O) groups excluding carboxylic acids is 3. The second kappa shape index (κ2) is 11.3. The van der Waals surface area contributed by atoms with Crippen LogP contribution in [0.1, 0.15) is 56.3 Å². The van der Waals surface area contributed by atoms with Crippen LogP contribution in [-0.4, -0.2) is 119 Å². The first kappa shape index (κ1) is 33.4. The van der Waals surface area contributed by atoms with Crippen molar-refractivity contribution in [3.05, 3.63) is 29.8 Å². The monoisotopic (exact) mass is 694 g/mol. The van der Waals surface area contributed by atoms with E-state index >= 15 is 0 Å². The van der Waals surface area contributed by atoms with Gasteiger partial charge in [-0.2, -0.15) is 0 Å². The zero-order valence-electron chi connectivity index (χ0n) is 29.9. The molecule has 14 atom stereocenters. The van der Waals surface area contributed by atoms with E-state index in [1.165, 1.54) is 0 Å². The molecule has 3 heterocycles. The third-order valence-corrected chi connectivity index (χ3v) is 15.1.